The maximum atomic E-state index is 5.72. The second-order valence-corrected chi connectivity index (χ2v) is 5.06. The molecule has 0 aromatic heterocycles. The summed E-state index contributed by atoms with van der Waals surface area (Å²) in [7, 11) is 4.23. The minimum Gasteiger partial charge on any atom is -0.494 e. The van der Waals surface area contributed by atoms with Crippen LogP contribution < -0.4 is 10.5 Å². The van der Waals surface area contributed by atoms with E-state index in [2.05, 4.69) is 38.1 Å². The van der Waals surface area contributed by atoms with Crippen LogP contribution in [0.5, 0.6) is 5.75 Å². The Morgan fingerprint density at radius 1 is 1.22 bits per heavy atom. The molecule has 2 N–H and O–H groups in total. The highest BCUT2D eigenvalue weighted by atomic mass is 16.5. The van der Waals surface area contributed by atoms with Crippen molar-refractivity contribution in [3.63, 3.8) is 0 Å². The van der Waals surface area contributed by atoms with Gasteiger partial charge in [0.15, 0.2) is 0 Å². The Balaban J connectivity index is 2.79. The Morgan fingerprint density at radius 3 is 2.28 bits per heavy atom. The van der Waals surface area contributed by atoms with Crippen molar-refractivity contribution in [1.29, 1.82) is 0 Å². The maximum Gasteiger partial charge on any atom is 0.119 e. The largest absolute Gasteiger partial charge is 0.494 e. The number of ether oxygens (including phenoxy) is 1. The highest BCUT2D eigenvalue weighted by molar-refractivity contribution is 5.29. The summed E-state index contributed by atoms with van der Waals surface area (Å²) < 4.78 is 5.47. The quantitative estimate of drug-likeness (QED) is 0.808. The molecule has 1 rings (SSSR count). The highest BCUT2D eigenvalue weighted by Crippen LogP contribution is 2.27. The van der Waals surface area contributed by atoms with E-state index in [1.807, 2.05) is 19.1 Å². The number of benzene rings is 1. The fourth-order valence-electron chi connectivity index (χ4n) is 2.08. The van der Waals surface area contributed by atoms with E-state index in [-0.39, 0.29) is 0 Å². The van der Waals surface area contributed by atoms with E-state index in [9.17, 15) is 0 Å². The minimum absolute atomic E-state index is 0.416. The summed E-state index contributed by atoms with van der Waals surface area (Å²) in [6.45, 7) is 5.65. The minimum atomic E-state index is 0.416. The van der Waals surface area contributed by atoms with Crippen LogP contribution in [0.25, 0.3) is 0 Å². The zero-order valence-corrected chi connectivity index (χ0v) is 12.0. The summed E-state index contributed by atoms with van der Waals surface area (Å²) in [5.41, 5.74) is 7.05. The van der Waals surface area contributed by atoms with Crippen LogP contribution >= 0.6 is 0 Å². The van der Waals surface area contributed by atoms with E-state index < -0.39 is 0 Å². The molecule has 0 saturated heterocycles. The summed E-state index contributed by atoms with van der Waals surface area (Å²) in [6.07, 6.45) is 1.08. The van der Waals surface area contributed by atoms with Gasteiger partial charge in [-0.25, -0.2) is 0 Å². The van der Waals surface area contributed by atoms with Gasteiger partial charge in [0, 0.05) is 6.04 Å². The van der Waals surface area contributed by atoms with Gasteiger partial charge in [-0.2, -0.15) is 0 Å². The van der Waals surface area contributed by atoms with Crippen molar-refractivity contribution < 1.29 is 4.74 Å². The number of rotatable bonds is 7. The lowest BCUT2D eigenvalue weighted by atomic mass is 9.95. The molecular formula is C15H26N2O. The van der Waals surface area contributed by atoms with Crippen molar-refractivity contribution in [2.24, 2.45) is 11.7 Å². The second kappa shape index (κ2) is 7.39. The van der Waals surface area contributed by atoms with E-state index >= 15 is 0 Å². The van der Waals surface area contributed by atoms with Gasteiger partial charge in [-0.1, -0.05) is 19.1 Å². The van der Waals surface area contributed by atoms with Gasteiger partial charge in [-0.05, 0) is 57.6 Å². The zero-order valence-electron chi connectivity index (χ0n) is 12.0. The summed E-state index contributed by atoms with van der Waals surface area (Å²) in [5.74, 6) is 1.47. The summed E-state index contributed by atoms with van der Waals surface area (Å²) in [5, 5.41) is 0. The molecule has 3 nitrogen and oxygen atoms in total. The molecule has 0 heterocycles. The average Bonchev–Trinajstić information content (AvgIpc) is 2.37. The Labute approximate surface area is 111 Å². The molecule has 102 valence electrons. The predicted molar refractivity (Wildman–Crippen MR) is 76.9 cm³/mol. The first-order chi connectivity index (χ1) is 8.58. The monoisotopic (exact) mass is 250 g/mol. The fraction of sp³-hybridized carbons (Fsp3) is 0.600. The van der Waals surface area contributed by atoms with Crippen molar-refractivity contribution in [3.05, 3.63) is 29.8 Å². The maximum absolute atomic E-state index is 5.72. The number of nitrogens with two attached hydrogens (primary N) is 1. The second-order valence-electron chi connectivity index (χ2n) is 5.06. The third-order valence-corrected chi connectivity index (χ3v) is 3.23. The Kier molecular flexibility index (Phi) is 6.16. The molecule has 3 heteroatoms. The van der Waals surface area contributed by atoms with Crippen molar-refractivity contribution in [2.75, 3.05) is 27.2 Å². The topological polar surface area (TPSA) is 38.5 Å². The van der Waals surface area contributed by atoms with Crippen LogP contribution in [-0.4, -0.2) is 32.1 Å². The summed E-state index contributed by atoms with van der Waals surface area (Å²) in [6, 6.07) is 8.81. The summed E-state index contributed by atoms with van der Waals surface area (Å²) in [4.78, 5) is 2.25. The van der Waals surface area contributed by atoms with Crippen LogP contribution in [-0.2, 0) is 0 Å². The first-order valence-electron chi connectivity index (χ1n) is 6.67. The molecule has 0 fully saturated rings. The van der Waals surface area contributed by atoms with Crippen LogP contribution in [0.3, 0.4) is 0 Å². The van der Waals surface area contributed by atoms with Gasteiger partial charge in [-0.3, -0.25) is 0 Å². The molecule has 0 bridgehead atoms. The third kappa shape index (κ3) is 4.31. The molecule has 0 aliphatic carbocycles. The molecule has 2 atom stereocenters. The molecule has 0 amide bonds. The van der Waals surface area contributed by atoms with E-state index in [0.717, 1.165) is 18.7 Å². The van der Waals surface area contributed by atoms with E-state index in [1.165, 1.54) is 5.56 Å². The third-order valence-electron chi connectivity index (χ3n) is 3.23. The molecule has 1 aromatic rings. The van der Waals surface area contributed by atoms with Gasteiger partial charge >= 0.3 is 0 Å². The van der Waals surface area contributed by atoms with Crippen molar-refractivity contribution in [2.45, 2.75) is 26.3 Å². The van der Waals surface area contributed by atoms with E-state index in [1.54, 1.807) is 0 Å². The summed E-state index contributed by atoms with van der Waals surface area (Å²) >= 11 is 0. The Morgan fingerprint density at radius 2 is 1.83 bits per heavy atom. The molecule has 1 aromatic carbocycles. The van der Waals surface area contributed by atoms with Crippen LogP contribution in [0.1, 0.15) is 31.9 Å². The first-order valence-corrected chi connectivity index (χ1v) is 6.67. The Bertz CT molecular complexity index is 335. The van der Waals surface area contributed by atoms with Crippen molar-refractivity contribution in [3.8, 4) is 5.75 Å². The first kappa shape index (κ1) is 15.0. The van der Waals surface area contributed by atoms with Gasteiger partial charge < -0.3 is 15.4 Å². The fourth-order valence-corrected chi connectivity index (χ4v) is 2.08. The van der Waals surface area contributed by atoms with E-state index in [0.29, 0.717) is 18.6 Å². The average molecular weight is 250 g/mol. The van der Waals surface area contributed by atoms with Crippen molar-refractivity contribution in [1.82, 2.24) is 4.90 Å². The SMILES string of the molecule is CCOc1ccc(C(CC(C)CN)N(C)C)cc1. The number of hydrogen-bond donors (Lipinski definition) is 1. The lowest BCUT2D eigenvalue weighted by Crippen LogP contribution is -2.24. The molecule has 0 aliphatic rings. The lowest BCUT2D eigenvalue weighted by molar-refractivity contribution is 0.255. The molecule has 0 radical (unpaired) electrons. The normalized spacial score (nSPS) is 14.6. The van der Waals surface area contributed by atoms with E-state index in [4.69, 9.17) is 10.5 Å². The number of hydrogen-bond acceptors (Lipinski definition) is 3. The van der Waals surface area contributed by atoms with Crippen molar-refractivity contribution >= 4 is 0 Å². The number of nitrogens with zero attached hydrogens (tertiary/aromatic N) is 1. The predicted octanol–water partition coefficient (Wildman–Crippen LogP) is 2.67. The standard InChI is InChI=1S/C15H26N2O/c1-5-18-14-8-6-13(7-9-14)15(17(3)4)10-12(2)11-16/h6-9,12,15H,5,10-11,16H2,1-4H3. The van der Waals surface area contributed by atoms with Gasteiger partial charge in [0.2, 0.25) is 0 Å². The van der Waals surface area contributed by atoms with Gasteiger partial charge in [0.1, 0.15) is 5.75 Å². The lowest BCUT2D eigenvalue weighted by Gasteiger charge is -2.27. The van der Waals surface area contributed by atoms with Gasteiger partial charge in [0.05, 0.1) is 6.61 Å². The molecule has 2 unspecified atom stereocenters. The zero-order chi connectivity index (χ0) is 13.5. The smallest absolute Gasteiger partial charge is 0.119 e. The van der Waals surface area contributed by atoms with Gasteiger partial charge in [0.25, 0.3) is 0 Å². The molecule has 18 heavy (non-hydrogen) atoms. The van der Waals surface area contributed by atoms with Crippen LogP contribution in [0, 0.1) is 5.92 Å². The van der Waals surface area contributed by atoms with Gasteiger partial charge in [-0.15, -0.1) is 0 Å². The van der Waals surface area contributed by atoms with Crippen LogP contribution in [0.15, 0.2) is 24.3 Å². The van der Waals surface area contributed by atoms with Crippen LogP contribution in [0.4, 0.5) is 0 Å². The Hall–Kier alpha value is -1.06. The molecule has 0 saturated carbocycles. The molecule has 0 aliphatic heterocycles. The van der Waals surface area contributed by atoms with Crippen LogP contribution in [0.2, 0.25) is 0 Å². The molecule has 0 spiro atoms. The molecular weight excluding hydrogens is 224 g/mol. The highest BCUT2D eigenvalue weighted by Gasteiger charge is 2.16.